The first-order valence-electron chi connectivity index (χ1n) is 10.1. The second kappa shape index (κ2) is 7.36. The van der Waals surface area contributed by atoms with Gasteiger partial charge in [-0.25, -0.2) is 18.7 Å². The summed E-state index contributed by atoms with van der Waals surface area (Å²) in [5, 5.41) is 11.4. The molecule has 33 heavy (non-hydrogen) atoms. The number of rotatable bonds is 4. The van der Waals surface area contributed by atoms with Gasteiger partial charge in [-0.15, -0.1) is 11.3 Å². The molecule has 1 saturated carbocycles. The molecule has 0 atom stereocenters. The molecule has 10 heteroatoms. The number of nitrogens with zero attached hydrogens (tertiary/aromatic N) is 3. The van der Waals surface area contributed by atoms with Gasteiger partial charge < -0.3 is 9.52 Å². The van der Waals surface area contributed by atoms with E-state index in [-0.39, 0.29) is 29.1 Å². The van der Waals surface area contributed by atoms with E-state index in [9.17, 15) is 18.7 Å². The van der Waals surface area contributed by atoms with Gasteiger partial charge in [-0.3, -0.25) is 9.36 Å². The van der Waals surface area contributed by atoms with Crippen LogP contribution in [0.15, 0.2) is 46.1 Å². The first kappa shape index (κ1) is 20.3. The molecule has 0 aliphatic heterocycles. The highest BCUT2D eigenvalue weighted by Gasteiger charge is 2.30. The Morgan fingerprint density at radius 3 is 2.76 bits per heavy atom. The average molecular weight is 486 g/mol. The third-order valence-corrected chi connectivity index (χ3v) is 7.25. The van der Waals surface area contributed by atoms with Crippen molar-refractivity contribution in [3.05, 3.63) is 75.2 Å². The van der Waals surface area contributed by atoms with E-state index in [1.807, 2.05) is 0 Å². The van der Waals surface area contributed by atoms with Gasteiger partial charge >= 0.3 is 0 Å². The van der Waals surface area contributed by atoms with Gasteiger partial charge in [0.2, 0.25) is 0 Å². The van der Waals surface area contributed by atoms with Gasteiger partial charge in [0.25, 0.3) is 5.56 Å². The molecule has 1 fully saturated rings. The minimum atomic E-state index is -1.02. The van der Waals surface area contributed by atoms with Gasteiger partial charge in [0.15, 0.2) is 23.8 Å². The lowest BCUT2D eigenvalue weighted by Crippen LogP contribution is -2.24. The lowest BCUT2D eigenvalue weighted by Gasteiger charge is -2.15. The van der Waals surface area contributed by atoms with Crippen molar-refractivity contribution >= 4 is 43.2 Å². The molecule has 5 aromatic rings. The predicted octanol–water partition coefficient (Wildman–Crippen LogP) is 5.83. The zero-order valence-corrected chi connectivity index (χ0v) is 18.4. The first-order valence-corrected chi connectivity index (χ1v) is 11.3. The summed E-state index contributed by atoms with van der Waals surface area (Å²) in [6.45, 7) is -0.00286. The molecule has 0 radical (unpaired) electrons. The monoisotopic (exact) mass is 485 g/mol. The number of oxazole rings is 1. The Kier molecular flexibility index (Phi) is 4.53. The summed E-state index contributed by atoms with van der Waals surface area (Å²) in [4.78, 5) is 22.7. The minimum absolute atomic E-state index is 0.00286. The van der Waals surface area contributed by atoms with Crippen LogP contribution in [0.3, 0.4) is 0 Å². The number of fused-ring (bicyclic) bond motifs is 3. The van der Waals surface area contributed by atoms with E-state index >= 15 is 0 Å². The number of phenolic OH excluding ortho intramolecular Hbond substituents is 1. The smallest absolute Gasteiger partial charge is 0.263 e. The first-order chi connectivity index (χ1) is 15.9. The Morgan fingerprint density at radius 1 is 1.24 bits per heavy atom. The van der Waals surface area contributed by atoms with Crippen LogP contribution in [0.25, 0.3) is 31.7 Å². The van der Waals surface area contributed by atoms with Gasteiger partial charge in [-0.05, 0) is 42.5 Å². The fraction of sp³-hybridized carbons (Fsp3) is 0.174. The number of aromatic hydroxyl groups is 1. The number of phenols is 1. The quantitative estimate of drug-likeness (QED) is 0.346. The fourth-order valence-corrected chi connectivity index (χ4v) is 5.42. The van der Waals surface area contributed by atoms with Crippen molar-refractivity contribution in [2.75, 3.05) is 0 Å². The summed E-state index contributed by atoms with van der Waals surface area (Å²) in [5.41, 5.74) is 0.568. The van der Waals surface area contributed by atoms with Crippen LogP contribution in [0.1, 0.15) is 30.1 Å². The Bertz CT molecular complexity index is 1620. The van der Waals surface area contributed by atoms with Crippen LogP contribution in [0, 0.1) is 11.6 Å². The summed E-state index contributed by atoms with van der Waals surface area (Å²) in [7, 11) is 0. The van der Waals surface area contributed by atoms with Crippen LogP contribution in [0.2, 0.25) is 5.02 Å². The Hall–Kier alpha value is -3.30. The highest BCUT2D eigenvalue weighted by Crippen LogP contribution is 2.46. The van der Waals surface area contributed by atoms with E-state index in [1.165, 1.54) is 29.3 Å². The van der Waals surface area contributed by atoms with Crippen molar-refractivity contribution in [1.29, 1.82) is 0 Å². The van der Waals surface area contributed by atoms with E-state index in [1.54, 1.807) is 6.07 Å². The average Bonchev–Trinajstić information content (AvgIpc) is 3.37. The van der Waals surface area contributed by atoms with Crippen molar-refractivity contribution in [3.63, 3.8) is 0 Å². The highest BCUT2D eigenvalue weighted by molar-refractivity contribution is 7.25. The van der Waals surface area contributed by atoms with E-state index < -0.39 is 17.2 Å². The van der Waals surface area contributed by atoms with Crippen molar-refractivity contribution in [2.45, 2.75) is 25.3 Å². The minimum Gasteiger partial charge on any atom is -0.505 e. The third kappa shape index (κ3) is 3.22. The summed E-state index contributed by atoms with van der Waals surface area (Å²) in [5.74, 6) is -1.41. The lowest BCUT2D eigenvalue weighted by atomic mass is 10.0. The molecule has 1 aliphatic rings. The number of halogens is 3. The maximum Gasteiger partial charge on any atom is 0.263 e. The normalized spacial score (nSPS) is 13.9. The number of thiophene rings is 1. The fourth-order valence-electron chi connectivity index (χ4n) is 4.10. The van der Waals surface area contributed by atoms with Crippen LogP contribution < -0.4 is 5.56 Å². The molecule has 2 aromatic carbocycles. The molecule has 166 valence electrons. The standard InChI is InChI=1S/C23H14ClF2N3O3S/c24-15-4-3-12-18-22(33-20(12)19(15)30)28-21(29(23(18)31)8-11-7-27-9-32-11)14-6-17(26)16(25)5-13(14)10-1-2-10/h3-7,9-10,30H,1-2,8H2. The molecule has 0 saturated heterocycles. The molecule has 0 amide bonds. The molecule has 0 spiro atoms. The number of aromatic nitrogens is 3. The number of hydrogen-bond acceptors (Lipinski definition) is 6. The number of hydrogen-bond donors (Lipinski definition) is 1. The van der Waals surface area contributed by atoms with E-state index in [4.69, 9.17) is 21.0 Å². The van der Waals surface area contributed by atoms with Crippen LogP contribution in [-0.2, 0) is 6.54 Å². The summed E-state index contributed by atoms with van der Waals surface area (Å²) < 4.78 is 35.6. The molecular formula is C23H14ClF2N3O3S. The van der Waals surface area contributed by atoms with Crippen molar-refractivity contribution in [1.82, 2.24) is 14.5 Å². The summed E-state index contributed by atoms with van der Waals surface area (Å²) >= 11 is 7.18. The van der Waals surface area contributed by atoms with Gasteiger partial charge in [0.05, 0.1) is 27.9 Å². The Balaban J connectivity index is 1.71. The van der Waals surface area contributed by atoms with Crippen molar-refractivity contribution < 1.29 is 18.3 Å². The second-order valence-electron chi connectivity index (χ2n) is 7.98. The van der Waals surface area contributed by atoms with Crippen LogP contribution in [0.5, 0.6) is 5.75 Å². The molecule has 1 aliphatic carbocycles. The van der Waals surface area contributed by atoms with Crippen LogP contribution >= 0.6 is 22.9 Å². The third-order valence-electron chi connectivity index (χ3n) is 5.83. The highest BCUT2D eigenvalue weighted by atomic mass is 35.5. The zero-order valence-electron chi connectivity index (χ0n) is 16.8. The molecule has 0 unspecified atom stereocenters. The molecular weight excluding hydrogens is 472 g/mol. The predicted molar refractivity (Wildman–Crippen MR) is 121 cm³/mol. The molecule has 1 N–H and O–H groups in total. The molecule has 6 nitrogen and oxygen atoms in total. The van der Waals surface area contributed by atoms with Crippen LogP contribution in [0.4, 0.5) is 8.78 Å². The van der Waals surface area contributed by atoms with Gasteiger partial charge in [-0.1, -0.05) is 17.7 Å². The van der Waals surface area contributed by atoms with Crippen LogP contribution in [-0.4, -0.2) is 19.6 Å². The zero-order chi connectivity index (χ0) is 22.9. The Morgan fingerprint density at radius 2 is 2.03 bits per heavy atom. The molecule has 6 rings (SSSR count). The van der Waals surface area contributed by atoms with Gasteiger partial charge in [0.1, 0.15) is 16.4 Å². The SMILES string of the molecule is O=c1c2c(nc(-c3cc(F)c(F)cc3C3CC3)n1Cc1cnco1)sc1c(O)c(Cl)ccc12. The van der Waals surface area contributed by atoms with Crippen molar-refractivity contribution in [2.24, 2.45) is 0 Å². The second-order valence-corrected chi connectivity index (χ2v) is 9.38. The maximum atomic E-state index is 14.4. The molecule has 3 aromatic heterocycles. The van der Waals surface area contributed by atoms with E-state index in [2.05, 4.69) is 4.98 Å². The largest absolute Gasteiger partial charge is 0.505 e. The van der Waals surface area contributed by atoms with E-state index in [0.29, 0.717) is 37.2 Å². The van der Waals surface area contributed by atoms with Gasteiger partial charge in [-0.2, -0.15) is 0 Å². The lowest BCUT2D eigenvalue weighted by molar-refractivity contribution is 0.482. The Labute approximate surface area is 193 Å². The topological polar surface area (TPSA) is 81.2 Å². The summed E-state index contributed by atoms with van der Waals surface area (Å²) in [6.07, 6.45) is 4.42. The number of benzene rings is 2. The molecule has 3 heterocycles. The summed E-state index contributed by atoms with van der Waals surface area (Å²) in [6, 6.07) is 5.45. The molecule has 0 bridgehead atoms. The maximum absolute atomic E-state index is 14.4. The van der Waals surface area contributed by atoms with Crippen molar-refractivity contribution in [3.8, 4) is 17.1 Å². The van der Waals surface area contributed by atoms with Gasteiger partial charge in [0, 0.05) is 10.9 Å². The van der Waals surface area contributed by atoms with E-state index in [0.717, 1.165) is 30.2 Å².